The van der Waals surface area contributed by atoms with Gasteiger partial charge in [-0.15, -0.1) is 0 Å². The first-order chi connectivity index (χ1) is 8.58. The normalized spacial score (nSPS) is 23.7. The molecule has 1 aliphatic rings. The summed E-state index contributed by atoms with van der Waals surface area (Å²) in [6, 6.07) is 2.38. The highest BCUT2D eigenvalue weighted by molar-refractivity contribution is 5.69. The molecule has 4 nitrogen and oxygen atoms in total. The van der Waals surface area contributed by atoms with E-state index < -0.39 is 11.6 Å². The summed E-state index contributed by atoms with van der Waals surface area (Å²) in [6.07, 6.45) is -0.367. The minimum absolute atomic E-state index is 0.0802. The van der Waals surface area contributed by atoms with Crippen LogP contribution in [-0.4, -0.2) is 39.5 Å². The summed E-state index contributed by atoms with van der Waals surface area (Å²) in [7, 11) is 3.12. The zero-order chi connectivity index (χ0) is 13.3. The summed E-state index contributed by atoms with van der Waals surface area (Å²) >= 11 is 0. The predicted octanol–water partition coefficient (Wildman–Crippen LogP) is 1.40. The first-order valence-electron chi connectivity index (χ1n) is 5.62. The molecule has 0 bridgehead atoms. The molecule has 2 unspecified atom stereocenters. The fourth-order valence-electron chi connectivity index (χ4n) is 2.26. The Morgan fingerprint density at radius 1 is 1.17 bits per heavy atom. The van der Waals surface area contributed by atoms with E-state index in [4.69, 9.17) is 15.2 Å². The lowest BCUT2D eigenvalue weighted by Crippen LogP contribution is -2.27. The molecular weight excluding hydrogens is 242 g/mol. The Hall–Kier alpha value is -1.40. The van der Waals surface area contributed by atoms with E-state index in [9.17, 15) is 8.78 Å². The average Bonchev–Trinajstić information content (AvgIpc) is 2.77. The molecule has 0 aromatic heterocycles. The summed E-state index contributed by atoms with van der Waals surface area (Å²) < 4.78 is 37.6. The van der Waals surface area contributed by atoms with E-state index in [1.807, 2.05) is 0 Å². The van der Waals surface area contributed by atoms with Gasteiger partial charge in [0.15, 0.2) is 11.6 Å². The molecule has 0 radical (unpaired) electrons. The van der Waals surface area contributed by atoms with E-state index >= 15 is 0 Å². The van der Waals surface area contributed by atoms with Crippen molar-refractivity contribution in [1.82, 2.24) is 0 Å². The zero-order valence-corrected chi connectivity index (χ0v) is 10.3. The summed E-state index contributed by atoms with van der Waals surface area (Å²) in [6.45, 7) is 0.832. The van der Waals surface area contributed by atoms with Gasteiger partial charge < -0.3 is 20.1 Å². The molecule has 0 spiro atoms. The Kier molecular flexibility index (Phi) is 3.68. The van der Waals surface area contributed by atoms with Crippen LogP contribution in [0.3, 0.4) is 0 Å². The van der Waals surface area contributed by atoms with Gasteiger partial charge in [-0.05, 0) is 12.1 Å². The van der Waals surface area contributed by atoms with Crippen molar-refractivity contribution < 1.29 is 18.3 Å². The van der Waals surface area contributed by atoms with E-state index in [0.717, 1.165) is 6.07 Å². The third-order valence-corrected chi connectivity index (χ3v) is 3.24. The van der Waals surface area contributed by atoms with Crippen LogP contribution < -0.4 is 10.6 Å². The lowest BCUT2D eigenvalue weighted by Gasteiger charge is -2.20. The third kappa shape index (κ3) is 2.13. The van der Waals surface area contributed by atoms with E-state index in [0.29, 0.717) is 13.1 Å². The van der Waals surface area contributed by atoms with Gasteiger partial charge in [-0.3, -0.25) is 0 Å². The monoisotopic (exact) mass is 258 g/mol. The lowest BCUT2D eigenvalue weighted by atomic mass is 10.2. The van der Waals surface area contributed by atoms with E-state index in [-0.39, 0.29) is 23.6 Å². The molecular formula is C12H16F2N2O2. The van der Waals surface area contributed by atoms with Crippen molar-refractivity contribution >= 4 is 11.4 Å². The molecule has 1 aromatic carbocycles. The van der Waals surface area contributed by atoms with E-state index in [2.05, 4.69) is 0 Å². The van der Waals surface area contributed by atoms with E-state index in [1.165, 1.54) is 6.07 Å². The third-order valence-electron chi connectivity index (χ3n) is 3.24. The van der Waals surface area contributed by atoms with Gasteiger partial charge in [-0.25, -0.2) is 8.78 Å². The van der Waals surface area contributed by atoms with Gasteiger partial charge >= 0.3 is 0 Å². The van der Waals surface area contributed by atoms with Crippen molar-refractivity contribution in [3.05, 3.63) is 23.8 Å². The van der Waals surface area contributed by atoms with Crippen molar-refractivity contribution in [1.29, 1.82) is 0 Å². The number of ether oxygens (including phenoxy) is 2. The van der Waals surface area contributed by atoms with Crippen LogP contribution in [0.4, 0.5) is 20.2 Å². The quantitative estimate of drug-likeness (QED) is 0.832. The van der Waals surface area contributed by atoms with Gasteiger partial charge in [-0.2, -0.15) is 0 Å². The molecule has 1 saturated heterocycles. The van der Waals surface area contributed by atoms with E-state index in [1.54, 1.807) is 19.1 Å². The van der Waals surface area contributed by atoms with Crippen LogP contribution >= 0.6 is 0 Å². The number of hydrogen-bond donors (Lipinski definition) is 1. The highest BCUT2D eigenvalue weighted by Crippen LogP contribution is 2.32. The Bertz CT molecular complexity index is 430. The molecule has 0 amide bonds. The summed E-state index contributed by atoms with van der Waals surface area (Å²) in [5.74, 6) is -1.84. The van der Waals surface area contributed by atoms with Crippen molar-refractivity contribution in [3.63, 3.8) is 0 Å². The minimum atomic E-state index is -0.929. The number of anilines is 2. The largest absolute Gasteiger partial charge is 0.397 e. The molecule has 2 atom stereocenters. The number of rotatable bonds is 3. The topological polar surface area (TPSA) is 47.7 Å². The van der Waals surface area contributed by atoms with Crippen molar-refractivity contribution in [3.8, 4) is 0 Å². The molecule has 1 heterocycles. The second kappa shape index (κ2) is 5.07. The maximum absolute atomic E-state index is 13.8. The van der Waals surface area contributed by atoms with Crippen molar-refractivity contribution in [2.45, 2.75) is 12.2 Å². The fraction of sp³-hybridized carbons (Fsp3) is 0.500. The van der Waals surface area contributed by atoms with Gasteiger partial charge in [0.2, 0.25) is 0 Å². The van der Waals surface area contributed by atoms with Gasteiger partial charge in [0.25, 0.3) is 0 Å². The standard InChI is InChI=1S/C12H16F2N2O2/c1-17-9-5-16(6-10(9)18-2)12-8(15)4-3-7(13)11(12)14/h3-4,9-10H,5-6,15H2,1-2H3. The highest BCUT2D eigenvalue weighted by Gasteiger charge is 2.35. The molecule has 1 fully saturated rings. The van der Waals surface area contributed by atoms with Crippen LogP contribution in [0.5, 0.6) is 0 Å². The minimum Gasteiger partial charge on any atom is -0.397 e. The zero-order valence-electron chi connectivity index (χ0n) is 10.3. The molecule has 18 heavy (non-hydrogen) atoms. The number of halogens is 2. The average molecular weight is 258 g/mol. The second-order valence-electron chi connectivity index (χ2n) is 4.25. The maximum Gasteiger partial charge on any atom is 0.184 e. The number of methoxy groups -OCH3 is 2. The van der Waals surface area contributed by atoms with Crippen LogP contribution in [0.1, 0.15) is 0 Å². The molecule has 2 N–H and O–H groups in total. The van der Waals surface area contributed by atoms with Gasteiger partial charge in [-0.1, -0.05) is 0 Å². The van der Waals surface area contributed by atoms with Crippen LogP contribution in [0.25, 0.3) is 0 Å². The van der Waals surface area contributed by atoms with Gasteiger partial charge in [0.1, 0.15) is 12.2 Å². The lowest BCUT2D eigenvalue weighted by molar-refractivity contribution is -0.00461. The molecule has 1 aliphatic heterocycles. The number of hydrogen-bond acceptors (Lipinski definition) is 4. The molecule has 100 valence electrons. The second-order valence-corrected chi connectivity index (χ2v) is 4.25. The number of nitrogens with zero attached hydrogens (tertiary/aromatic N) is 1. The number of benzene rings is 1. The molecule has 6 heteroatoms. The first-order valence-corrected chi connectivity index (χ1v) is 5.62. The summed E-state index contributed by atoms with van der Waals surface area (Å²) in [5.41, 5.74) is 6.00. The fourth-order valence-corrected chi connectivity index (χ4v) is 2.26. The SMILES string of the molecule is COC1CN(c2c(N)ccc(F)c2F)CC1OC. The predicted molar refractivity (Wildman–Crippen MR) is 64.6 cm³/mol. The Morgan fingerprint density at radius 2 is 1.72 bits per heavy atom. The summed E-state index contributed by atoms with van der Waals surface area (Å²) in [4.78, 5) is 1.65. The highest BCUT2D eigenvalue weighted by atomic mass is 19.2. The van der Waals surface area contributed by atoms with Crippen LogP contribution in [0, 0.1) is 11.6 Å². The maximum atomic E-state index is 13.8. The molecule has 2 rings (SSSR count). The van der Waals surface area contributed by atoms with Gasteiger partial charge in [0.05, 0.1) is 11.4 Å². The number of nitrogen functional groups attached to an aromatic ring is 1. The smallest absolute Gasteiger partial charge is 0.184 e. The molecule has 1 aromatic rings. The molecule has 0 saturated carbocycles. The Morgan fingerprint density at radius 3 is 2.22 bits per heavy atom. The summed E-state index contributed by atoms with van der Waals surface area (Å²) in [5, 5.41) is 0. The van der Waals surface area contributed by atoms with Crippen LogP contribution in [0.15, 0.2) is 12.1 Å². The van der Waals surface area contributed by atoms with Crippen LogP contribution in [-0.2, 0) is 9.47 Å². The molecule has 0 aliphatic carbocycles. The Balaban J connectivity index is 2.31. The van der Waals surface area contributed by atoms with Gasteiger partial charge in [0, 0.05) is 27.3 Å². The van der Waals surface area contributed by atoms with Crippen molar-refractivity contribution in [2.24, 2.45) is 0 Å². The van der Waals surface area contributed by atoms with Crippen LogP contribution in [0.2, 0.25) is 0 Å². The first kappa shape index (κ1) is 13.0. The van der Waals surface area contributed by atoms with Crippen molar-refractivity contribution in [2.75, 3.05) is 37.9 Å². The number of nitrogens with two attached hydrogens (primary N) is 1. The Labute approximate surface area is 104 Å².